The van der Waals surface area contributed by atoms with Crippen LogP contribution in [-0.2, 0) is 0 Å². The van der Waals surface area contributed by atoms with Gasteiger partial charge in [-0.3, -0.25) is 9.59 Å². The Morgan fingerprint density at radius 3 is 2.55 bits per heavy atom. The third-order valence-corrected chi connectivity index (χ3v) is 3.76. The van der Waals surface area contributed by atoms with Crippen molar-refractivity contribution in [1.82, 2.24) is 4.98 Å². The summed E-state index contributed by atoms with van der Waals surface area (Å²) in [7, 11) is 0. The number of rotatable bonds is 2. The predicted molar refractivity (Wildman–Crippen MR) is 88.4 cm³/mol. The van der Waals surface area contributed by atoms with Gasteiger partial charge in [-0.05, 0) is 54.6 Å². The number of nitrogens with one attached hydrogen (secondary N) is 2. The molecule has 0 saturated carbocycles. The minimum atomic E-state index is -0.407. The smallest absolute Gasteiger partial charge is 0.261 e. The molecule has 1 heterocycles. The molecule has 0 atom stereocenters. The molecule has 0 radical (unpaired) electrons. The highest BCUT2D eigenvalue weighted by atomic mass is 16.2. The van der Waals surface area contributed by atoms with Crippen LogP contribution in [-0.4, -0.2) is 10.9 Å². The molecular formula is C18H16N2O2. The van der Waals surface area contributed by atoms with E-state index >= 15 is 0 Å². The number of para-hydroxylation sites is 1. The van der Waals surface area contributed by atoms with Gasteiger partial charge in [0.1, 0.15) is 5.56 Å². The van der Waals surface area contributed by atoms with Crippen LogP contribution in [0.4, 0.5) is 5.69 Å². The number of amides is 1. The van der Waals surface area contributed by atoms with Crippen molar-refractivity contribution in [3.63, 3.8) is 0 Å². The van der Waals surface area contributed by atoms with Crippen LogP contribution in [0, 0.1) is 13.8 Å². The van der Waals surface area contributed by atoms with E-state index in [1.807, 2.05) is 56.3 Å². The van der Waals surface area contributed by atoms with Gasteiger partial charge in [-0.25, -0.2) is 0 Å². The number of H-pyrrole nitrogens is 1. The molecule has 0 aliphatic rings. The molecule has 3 rings (SSSR count). The van der Waals surface area contributed by atoms with Crippen LogP contribution in [0.3, 0.4) is 0 Å². The topological polar surface area (TPSA) is 62.0 Å². The maximum atomic E-state index is 12.3. The third kappa shape index (κ3) is 2.63. The van der Waals surface area contributed by atoms with E-state index in [4.69, 9.17) is 0 Å². The van der Waals surface area contributed by atoms with Crippen LogP contribution in [0.15, 0.2) is 53.3 Å². The lowest BCUT2D eigenvalue weighted by Crippen LogP contribution is -2.23. The molecule has 0 spiro atoms. The Hall–Kier alpha value is -2.88. The fourth-order valence-electron chi connectivity index (χ4n) is 2.33. The van der Waals surface area contributed by atoms with E-state index in [9.17, 15) is 9.59 Å². The second-order valence-corrected chi connectivity index (χ2v) is 5.35. The number of hydrogen-bond acceptors (Lipinski definition) is 2. The summed E-state index contributed by atoms with van der Waals surface area (Å²) in [6, 6.07) is 14.6. The minimum Gasteiger partial charge on any atom is -0.322 e. The van der Waals surface area contributed by atoms with Crippen molar-refractivity contribution in [1.29, 1.82) is 0 Å². The summed E-state index contributed by atoms with van der Waals surface area (Å²) in [6.07, 6.45) is 0. The molecule has 110 valence electrons. The second kappa shape index (κ2) is 5.48. The molecule has 2 aromatic carbocycles. The maximum absolute atomic E-state index is 12.3. The van der Waals surface area contributed by atoms with E-state index in [0.29, 0.717) is 5.69 Å². The van der Waals surface area contributed by atoms with Gasteiger partial charge in [0.15, 0.2) is 0 Å². The lowest BCUT2D eigenvalue weighted by atomic mass is 10.1. The van der Waals surface area contributed by atoms with Gasteiger partial charge in [-0.1, -0.05) is 24.3 Å². The number of carbonyl (C=O) groups is 1. The van der Waals surface area contributed by atoms with Gasteiger partial charge < -0.3 is 10.3 Å². The van der Waals surface area contributed by atoms with Crippen LogP contribution in [0.5, 0.6) is 0 Å². The molecule has 0 aliphatic carbocycles. The predicted octanol–water partition coefficient (Wildman–Crippen LogP) is 3.40. The van der Waals surface area contributed by atoms with E-state index in [0.717, 1.165) is 22.0 Å². The molecule has 0 fully saturated rings. The van der Waals surface area contributed by atoms with Crippen LogP contribution in [0.2, 0.25) is 0 Å². The highest BCUT2D eigenvalue weighted by Crippen LogP contribution is 2.16. The van der Waals surface area contributed by atoms with Crippen molar-refractivity contribution in [3.05, 3.63) is 75.6 Å². The van der Waals surface area contributed by atoms with Gasteiger partial charge in [-0.2, -0.15) is 0 Å². The van der Waals surface area contributed by atoms with Gasteiger partial charge >= 0.3 is 0 Å². The van der Waals surface area contributed by atoms with Crippen molar-refractivity contribution >= 4 is 22.5 Å². The first-order valence-electron chi connectivity index (χ1n) is 7.05. The Morgan fingerprint density at radius 1 is 1.00 bits per heavy atom. The average Bonchev–Trinajstić information content (AvgIpc) is 2.50. The number of aromatic amines is 1. The normalized spacial score (nSPS) is 10.6. The first-order valence-corrected chi connectivity index (χ1v) is 7.05. The standard InChI is InChI=1S/C18H16N2O2/c1-11-7-8-14(9-12(11)2)19-17(21)15-10-13-5-3-4-6-16(13)20-18(15)22/h3-10H,1-2H3,(H,19,21)(H,20,22). The third-order valence-electron chi connectivity index (χ3n) is 3.76. The molecule has 2 N–H and O–H groups in total. The SMILES string of the molecule is Cc1ccc(NC(=O)c2cc3ccccc3[nH]c2=O)cc1C. The summed E-state index contributed by atoms with van der Waals surface area (Å²) in [5.41, 5.74) is 3.36. The summed E-state index contributed by atoms with van der Waals surface area (Å²) in [4.78, 5) is 27.1. The Balaban J connectivity index is 1.96. The molecule has 3 aromatic rings. The zero-order chi connectivity index (χ0) is 15.7. The van der Waals surface area contributed by atoms with Crippen molar-refractivity contribution in [2.45, 2.75) is 13.8 Å². The van der Waals surface area contributed by atoms with Gasteiger partial charge in [0.25, 0.3) is 11.5 Å². The molecule has 0 aliphatic heterocycles. The number of benzene rings is 2. The lowest BCUT2D eigenvalue weighted by molar-refractivity contribution is 0.102. The van der Waals surface area contributed by atoms with Gasteiger partial charge in [0, 0.05) is 11.2 Å². The van der Waals surface area contributed by atoms with Gasteiger partial charge in [-0.15, -0.1) is 0 Å². The van der Waals surface area contributed by atoms with Crippen molar-refractivity contribution < 1.29 is 4.79 Å². The summed E-state index contributed by atoms with van der Waals surface area (Å²) in [6.45, 7) is 3.99. The second-order valence-electron chi connectivity index (χ2n) is 5.35. The van der Waals surface area contributed by atoms with Crippen LogP contribution < -0.4 is 10.9 Å². The lowest BCUT2D eigenvalue weighted by Gasteiger charge is -2.08. The fourth-order valence-corrected chi connectivity index (χ4v) is 2.33. The number of pyridine rings is 1. The largest absolute Gasteiger partial charge is 0.322 e. The highest BCUT2D eigenvalue weighted by molar-refractivity contribution is 6.05. The number of aryl methyl sites for hydroxylation is 2. The molecule has 1 amide bonds. The summed E-state index contributed by atoms with van der Waals surface area (Å²) < 4.78 is 0. The molecule has 1 aromatic heterocycles. The Morgan fingerprint density at radius 2 is 1.77 bits per heavy atom. The molecule has 0 unspecified atom stereocenters. The zero-order valence-corrected chi connectivity index (χ0v) is 12.4. The quantitative estimate of drug-likeness (QED) is 0.760. The monoisotopic (exact) mass is 292 g/mol. The Bertz CT molecular complexity index is 926. The number of carbonyl (C=O) groups excluding carboxylic acids is 1. The minimum absolute atomic E-state index is 0.108. The van der Waals surface area contributed by atoms with E-state index in [1.54, 1.807) is 6.07 Å². The zero-order valence-electron chi connectivity index (χ0n) is 12.4. The van der Waals surface area contributed by atoms with E-state index in [2.05, 4.69) is 10.3 Å². The van der Waals surface area contributed by atoms with Gasteiger partial charge in [0.05, 0.1) is 0 Å². The van der Waals surface area contributed by atoms with Crippen molar-refractivity contribution in [3.8, 4) is 0 Å². The molecule has 22 heavy (non-hydrogen) atoms. The molecule has 0 saturated heterocycles. The van der Waals surface area contributed by atoms with Crippen molar-refractivity contribution in [2.75, 3.05) is 5.32 Å². The number of fused-ring (bicyclic) bond motifs is 1. The number of aromatic nitrogens is 1. The summed E-state index contributed by atoms with van der Waals surface area (Å²) in [5, 5.41) is 3.60. The van der Waals surface area contributed by atoms with E-state index in [-0.39, 0.29) is 11.1 Å². The van der Waals surface area contributed by atoms with Crippen LogP contribution in [0.25, 0.3) is 10.9 Å². The molecule has 0 bridgehead atoms. The Kier molecular flexibility index (Phi) is 3.51. The van der Waals surface area contributed by atoms with Crippen LogP contribution >= 0.6 is 0 Å². The Labute approximate surface area is 127 Å². The van der Waals surface area contributed by atoms with Crippen LogP contribution in [0.1, 0.15) is 21.5 Å². The summed E-state index contributed by atoms with van der Waals surface area (Å²) >= 11 is 0. The number of anilines is 1. The summed E-state index contributed by atoms with van der Waals surface area (Å²) in [5.74, 6) is -0.407. The van der Waals surface area contributed by atoms with E-state index in [1.165, 1.54) is 0 Å². The van der Waals surface area contributed by atoms with Crippen molar-refractivity contribution in [2.24, 2.45) is 0 Å². The highest BCUT2D eigenvalue weighted by Gasteiger charge is 2.12. The average molecular weight is 292 g/mol. The fraction of sp³-hybridized carbons (Fsp3) is 0.111. The van der Waals surface area contributed by atoms with Gasteiger partial charge in [0.2, 0.25) is 0 Å². The first-order chi connectivity index (χ1) is 10.5. The maximum Gasteiger partial charge on any atom is 0.261 e. The first kappa shape index (κ1) is 14.1. The molecule has 4 heteroatoms. The molecular weight excluding hydrogens is 276 g/mol. The number of hydrogen-bond donors (Lipinski definition) is 2. The molecule has 4 nitrogen and oxygen atoms in total. The van der Waals surface area contributed by atoms with E-state index < -0.39 is 5.91 Å².